The molecule has 0 saturated heterocycles. The number of amides is 1. The van der Waals surface area contributed by atoms with Crippen molar-refractivity contribution in [3.63, 3.8) is 0 Å². The Morgan fingerprint density at radius 2 is 1.79 bits per heavy atom. The Kier molecular flexibility index (Phi) is 7.55. The van der Waals surface area contributed by atoms with Crippen molar-refractivity contribution >= 4 is 17.6 Å². The third-order valence-corrected chi connectivity index (χ3v) is 4.54. The summed E-state index contributed by atoms with van der Waals surface area (Å²) in [6.45, 7) is 13.6. The smallest absolute Gasteiger partial charge is 0.220 e. The van der Waals surface area contributed by atoms with Gasteiger partial charge in [-0.25, -0.2) is 9.97 Å². The first-order valence-corrected chi connectivity index (χ1v) is 9.74. The van der Waals surface area contributed by atoms with Gasteiger partial charge in [0.1, 0.15) is 0 Å². The minimum Gasteiger partial charge on any atom is -0.385 e. The first-order valence-electron chi connectivity index (χ1n) is 9.74. The fourth-order valence-corrected chi connectivity index (χ4v) is 3.15. The quantitative estimate of drug-likeness (QED) is 0.578. The van der Waals surface area contributed by atoms with Crippen molar-refractivity contribution in [3.8, 4) is 11.3 Å². The van der Waals surface area contributed by atoms with Crippen LogP contribution in [0, 0.1) is 20.8 Å². The molecular weight excluding hydrogens is 350 g/mol. The molecule has 0 aliphatic rings. The number of hydrogen-bond donors (Lipinski definition) is 3. The second kappa shape index (κ2) is 9.88. The molecule has 0 saturated carbocycles. The maximum Gasteiger partial charge on any atom is 0.220 e. The summed E-state index contributed by atoms with van der Waals surface area (Å²) in [4.78, 5) is 20.0. The van der Waals surface area contributed by atoms with E-state index in [1.54, 1.807) is 0 Å². The van der Waals surface area contributed by atoms with Crippen LogP contribution in [-0.2, 0) is 4.79 Å². The highest BCUT2D eigenvalue weighted by molar-refractivity contribution is 5.76. The number of benzene rings is 1. The molecule has 0 fully saturated rings. The molecule has 0 aliphatic heterocycles. The van der Waals surface area contributed by atoms with Crippen LogP contribution >= 0.6 is 0 Å². The minimum atomic E-state index is 0.111. The maximum atomic E-state index is 11.5. The van der Waals surface area contributed by atoms with Gasteiger partial charge < -0.3 is 16.4 Å². The number of rotatable bonds is 9. The highest BCUT2D eigenvalue weighted by atomic mass is 16.1. The van der Waals surface area contributed by atoms with Crippen LogP contribution in [0.2, 0.25) is 0 Å². The lowest BCUT2D eigenvalue weighted by atomic mass is 9.96. The third-order valence-electron chi connectivity index (χ3n) is 4.54. The summed E-state index contributed by atoms with van der Waals surface area (Å²) in [7, 11) is 0. The SMILES string of the molecule is C=C(NCCCNC(=O)CCC)c1cc(-c2cc(C)nc(N)n2)c(C)cc1C. The van der Waals surface area contributed by atoms with Gasteiger partial charge in [0.25, 0.3) is 0 Å². The molecule has 0 radical (unpaired) electrons. The van der Waals surface area contributed by atoms with Crippen molar-refractivity contribution in [2.45, 2.75) is 47.0 Å². The number of nitrogens with zero attached hydrogens (tertiary/aromatic N) is 2. The van der Waals surface area contributed by atoms with Crippen molar-refractivity contribution in [1.82, 2.24) is 20.6 Å². The van der Waals surface area contributed by atoms with Crippen molar-refractivity contribution in [3.05, 3.63) is 47.2 Å². The molecule has 2 aromatic rings. The van der Waals surface area contributed by atoms with E-state index in [1.807, 2.05) is 19.9 Å². The summed E-state index contributed by atoms with van der Waals surface area (Å²) in [6, 6.07) is 6.17. The van der Waals surface area contributed by atoms with Crippen LogP contribution in [0.15, 0.2) is 24.8 Å². The number of anilines is 1. The van der Waals surface area contributed by atoms with E-state index in [0.717, 1.165) is 58.7 Å². The number of nitrogens with one attached hydrogen (secondary N) is 2. The lowest BCUT2D eigenvalue weighted by Crippen LogP contribution is -2.26. The molecule has 1 heterocycles. The Balaban J connectivity index is 2.06. The van der Waals surface area contributed by atoms with Gasteiger partial charge in [0.05, 0.1) is 5.69 Å². The van der Waals surface area contributed by atoms with Crippen molar-refractivity contribution in [1.29, 1.82) is 0 Å². The van der Waals surface area contributed by atoms with Crippen LogP contribution < -0.4 is 16.4 Å². The van der Waals surface area contributed by atoms with E-state index < -0.39 is 0 Å². The van der Waals surface area contributed by atoms with E-state index in [1.165, 1.54) is 0 Å². The highest BCUT2D eigenvalue weighted by Crippen LogP contribution is 2.28. The third kappa shape index (κ3) is 5.81. The Morgan fingerprint density at radius 3 is 2.46 bits per heavy atom. The number of carbonyl (C=O) groups is 1. The van der Waals surface area contributed by atoms with Crippen molar-refractivity contribution < 1.29 is 4.79 Å². The minimum absolute atomic E-state index is 0.111. The number of hydrogen-bond acceptors (Lipinski definition) is 5. The number of carbonyl (C=O) groups excluding carboxylic acids is 1. The summed E-state index contributed by atoms with van der Waals surface area (Å²) >= 11 is 0. The average Bonchev–Trinajstić information content (AvgIpc) is 2.60. The van der Waals surface area contributed by atoms with Crippen LogP contribution in [0.25, 0.3) is 17.0 Å². The summed E-state index contributed by atoms with van der Waals surface area (Å²) in [5.41, 5.74) is 12.7. The highest BCUT2D eigenvalue weighted by Gasteiger charge is 2.11. The predicted octanol–water partition coefficient (Wildman–Crippen LogP) is 3.52. The van der Waals surface area contributed by atoms with E-state index in [2.05, 4.69) is 53.2 Å². The van der Waals surface area contributed by atoms with Crippen LogP contribution in [-0.4, -0.2) is 29.0 Å². The van der Waals surface area contributed by atoms with Gasteiger partial charge in [-0.05, 0) is 56.9 Å². The van der Waals surface area contributed by atoms with Gasteiger partial charge in [-0.3, -0.25) is 4.79 Å². The molecule has 0 atom stereocenters. The average molecular weight is 382 g/mol. The molecule has 1 amide bonds. The molecule has 0 bridgehead atoms. The standard InChI is InChI=1S/C22H31N5O/c1-6-8-21(28)25-10-7-9-24-17(5)18-13-19(15(3)11-14(18)2)20-12-16(4)26-22(23)27-20/h11-13,24H,5-10H2,1-4H3,(H,25,28)(H2,23,26,27). The predicted molar refractivity (Wildman–Crippen MR) is 116 cm³/mol. The number of nitrogens with two attached hydrogens (primary N) is 1. The summed E-state index contributed by atoms with van der Waals surface area (Å²) in [6.07, 6.45) is 2.29. The molecule has 6 heteroatoms. The summed E-state index contributed by atoms with van der Waals surface area (Å²) in [5.74, 6) is 0.387. The van der Waals surface area contributed by atoms with Crippen molar-refractivity contribution in [2.75, 3.05) is 18.8 Å². The van der Waals surface area contributed by atoms with Gasteiger partial charge in [-0.2, -0.15) is 0 Å². The van der Waals surface area contributed by atoms with E-state index in [-0.39, 0.29) is 11.9 Å². The Morgan fingerprint density at radius 1 is 1.07 bits per heavy atom. The molecule has 1 aromatic heterocycles. The van der Waals surface area contributed by atoms with Gasteiger partial charge in [0, 0.05) is 42.0 Å². The molecule has 0 unspecified atom stereocenters. The maximum absolute atomic E-state index is 11.5. The van der Waals surface area contributed by atoms with Gasteiger partial charge in [0.15, 0.2) is 0 Å². The largest absolute Gasteiger partial charge is 0.385 e. The van der Waals surface area contributed by atoms with E-state index in [0.29, 0.717) is 13.0 Å². The summed E-state index contributed by atoms with van der Waals surface area (Å²) < 4.78 is 0. The van der Waals surface area contributed by atoms with E-state index in [4.69, 9.17) is 5.73 Å². The first kappa shape index (κ1) is 21.4. The molecule has 4 N–H and O–H groups in total. The molecule has 28 heavy (non-hydrogen) atoms. The van der Waals surface area contributed by atoms with Crippen molar-refractivity contribution in [2.24, 2.45) is 0 Å². The number of aromatic nitrogens is 2. The lowest BCUT2D eigenvalue weighted by molar-refractivity contribution is -0.121. The molecule has 0 spiro atoms. The zero-order valence-corrected chi connectivity index (χ0v) is 17.4. The molecule has 6 nitrogen and oxygen atoms in total. The Bertz CT molecular complexity index is 840. The fraction of sp³-hybridized carbons (Fsp3) is 0.409. The van der Waals surface area contributed by atoms with Crippen LogP contribution in [0.4, 0.5) is 5.95 Å². The van der Waals surface area contributed by atoms with E-state index in [9.17, 15) is 4.79 Å². The monoisotopic (exact) mass is 381 g/mol. The van der Waals surface area contributed by atoms with Gasteiger partial charge in [-0.1, -0.05) is 19.6 Å². The zero-order chi connectivity index (χ0) is 20.7. The number of aryl methyl sites for hydroxylation is 3. The molecule has 0 aliphatic carbocycles. The topological polar surface area (TPSA) is 92.9 Å². The lowest BCUT2D eigenvalue weighted by Gasteiger charge is -2.16. The van der Waals surface area contributed by atoms with Gasteiger partial charge >= 0.3 is 0 Å². The first-order chi connectivity index (χ1) is 13.3. The van der Waals surface area contributed by atoms with Gasteiger partial charge in [0.2, 0.25) is 11.9 Å². The molecule has 2 rings (SSSR count). The van der Waals surface area contributed by atoms with Crippen LogP contribution in [0.1, 0.15) is 48.6 Å². The Hall–Kier alpha value is -2.89. The summed E-state index contributed by atoms with van der Waals surface area (Å²) in [5, 5.41) is 6.29. The fourth-order valence-electron chi connectivity index (χ4n) is 3.15. The second-order valence-corrected chi connectivity index (χ2v) is 7.09. The molecule has 1 aromatic carbocycles. The second-order valence-electron chi connectivity index (χ2n) is 7.09. The van der Waals surface area contributed by atoms with Crippen LogP contribution in [0.3, 0.4) is 0 Å². The number of nitrogen functional groups attached to an aromatic ring is 1. The molecule has 150 valence electrons. The molecular formula is C22H31N5O. The van der Waals surface area contributed by atoms with Gasteiger partial charge in [-0.15, -0.1) is 0 Å². The Labute approximate surface area is 167 Å². The normalized spacial score (nSPS) is 10.6. The van der Waals surface area contributed by atoms with E-state index >= 15 is 0 Å². The van der Waals surface area contributed by atoms with Crippen LogP contribution in [0.5, 0.6) is 0 Å². The zero-order valence-electron chi connectivity index (χ0n) is 17.4.